The zero-order chi connectivity index (χ0) is 15.9. The van der Waals surface area contributed by atoms with E-state index in [0.717, 1.165) is 24.7 Å². The van der Waals surface area contributed by atoms with E-state index in [1.54, 1.807) is 0 Å². The van der Waals surface area contributed by atoms with Gasteiger partial charge >= 0.3 is 13.1 Å². The molecule has 0 radical (unpaired) electrons. The van der Waals surface area contributed by atoms with E-state index in [9.17, 15) is 4.79 Å². The Morgan fingerprint density at radius 3 is 2.24 bits per heavy atom. The molecule has 5 heteroatoms. The van der Waals surface area contributed by atoms with Gasteiger partial charge in [-0.3, -0.25) is 4.79 Å². The Balaban J connectivity index is 2.13. The number of allylic oxidation sites excluding steroid dienone is 2. The molecule has 0 bridgehead atoms. The lowest BCUT2D eigenvalue weighted by Crippen LogP contribution is -2.41. The highest BCUT2D eigenvalue weighted by atomic mass is 16.7. The highest BCUT2D eigenvalue weighted by Crippen LogP contribution is 2.44. The number of carbonyl (C=O) groups is 1. The molecular formula is C16H27BO4. The summed E-state index contributed by atoms with van der Waals surface area (Å²) in [5, 5.41) is 0. The summed E-state index contributed by atoms with van der Waals surface area (Å²) in [7, 11) is 1.18. The van der Waals surface area contributed by atoms with Crippen molar-refractivity contribution in [3.05, 3.63) is 11.5 Å². The van der Waals surface area contributed by atoms with Gasteiger partial charge in [-0.1, -0.05) is 13.0 Å². The molecule has 2 rings (SSSR count). The van der Waals surface area contributed by atoms with Crippen molar-refractivity contribution in [2.45, 2.75) is 71.5 Å². The first kappa shape index (κ1) is 16.6. The molecule has 0 aromatic carbocycles. The van der Waals surface area contributed by atoms with Gasteiger partial charge in [0.15, 0.2) is 0 Å². The van der Waals surface area contributed by atoms with Crippen LogP contribution in [0.3, 0.4) is 0 Å². The number of ether oxygens (including phenoxy) is 1. The van der Waals surface area contributed by atoms with E-state index in [1.165, 1.54) is 7.11 Å². The molecule has 2 aliphatic rings. The Morgan fingerprint density at radius 1 is 1.29 bits per heavy atom. The summed E-state index contributed by atoms with van der Waals surface area (Å²) in [5.74, 6) is -0.103. The van der Waals surface area contributed by atoms with Crippen molar-refractivity contribution in [1.82, 2.24) is 0 Å². The first-order chi connectivity index (χ1) is 9.67. The van der Waals surface area contributed by atoms with Gasteiger partial charge in [0.25, 0.3) is 0 Å². The summed E-state index contributed by atoms with van der Waals surface area (Å²) in [6.07, 6.45) is 5.24. The molecule has 1 fully saturated rings. The van der Waals surface area contributed by atoms with Crippen LogP contribution in [0, 0.1) is 5.41 Å². The van der Waals surface area contributed by atoms with Gasteiger partial charge in [0.1, 0.15) is 0 Å². The van der Waals surface area contributed by atoms with Crippen molar-refractivity contribution >= 4 is 13.1 Å². The third kappa shape index (κ3) is 2.78. The summed E-state index contributed by atoms with van der Waals surface area (Å²) in [4.78, 5) is 12.0. The van der Waals surface area contributed by atoms with Gasteiger partial charge < -0.3 is 14.0 Å². The largest absolute Gasteiger partial charge is 0.490 e. The van der Waals surface area contributed by atoms with E-state index in [0.29, 0.717) is 6.42 Å². The monoisotopic (exact) mass is 294 g/mol. The molecule has 0 amide bonds. The Kier molecular flexibility index (Phi) is 4.29. The molecule has 1 heterocycles. The van der Waals surface area contributed by atoms with Crippen LogP contribution in [0.15, 0.2) is 11.5 Å². The number of carbonyl (C=O) groups excluding carboxylic acids is 1. The van der Waals surface area contributed by atoms with Crippen molar-refractivity contribution in [1.29, 1.82) is 0 Å². The quantitative estimate of drug-likeness (QED) is 0.592. The Hall–Kier alpha value is -0.805. The van der Waals surface area contributed by atoms with Crippen LogP contribution < -0.4 is 0 Å². The lowest BCUT2D eigenvalue weighted by atomic mass is 9.65. The maximum Gasteiger partial charge on any atom is 0.490 e. The topological polar surface area (TPSA) is 44.8 Å². The van der Waals surface area contributed by atoms with E-state index in [4.69, 9.17) is 14.0 Å². The SMILES string of the molecule is CCC1(C(=O)OC)CC=C(B2OC(C)(C)C(C)(C)O2)CC1. The normalized spacial score (nSPS) is 31.0. The summed E-state index contributed by atoms with van der Waals surface area (Å²) >= 11 is 0. The average Bonchev–Trinajstić information content (AvgIpc) is 2.66. The third-order valence-corrected chi connectivity index (χ3v) is 5.50. The molecule has 1 unspecified atom stereocenters. The first-order valence-electron chi connectivity index (χ1n) is 7.80. The molecule has 0 saturated carbocycles. The maximum atomic E-state index is 12.0. The van der Waals surface area contributed by atoms with Crippen LogP contribution in [0.2, 0.25) is 0 Å². The van der Waals surface area contributed by atoms with Crippen molar-refractivity contribution in [2.24, 2.45) is 5.41 Å². The summed E-state index contributed by atoms with van der Waals surface area (Å²) in [6.45, 7) is 10.3. The first-order valence-corrected chi connectivity index (χ1v) is 7.80. The molecule has 118 valence electrons. The molecule has 0 aromatic rings. The summed E-state index contributed by atoms with van der Waals surface area (Å²) in [5.41, 5.74) is 0.143. The number of rotatable bonds is 3. The lowest BCUT2D eigenvalue weighted by Gasteiger charge is -2.33. The van der Waals surface area contributed by atoms with Crippen molar-refractivity contribution in [3.63, 3.8) is 0 Å². The summed E-state index contributed by atoms with van der Waals surface area (Å²) in [6, 6.07) is 0. The van der Waals surface area contributed by atoms with Gasteiger partial charge in [-0.05, 0) is 58.9 Å². The molecule has 1 aliphatic heterocycles. The van der Waals surface area contributed by atoms with Gasteiger partial charge in [0.05, 0.1) is 23.7 Å². The predicted molar refractivity (Wildman–Crippen MR) is 82.8 cm³/mol. The van der Waals surface area contributed by atoms with Crippen LogP contribution in [0.1, 0.15) is 60.3 Å². The second-order valence-electron chi connectivity index (χ2n) is 7.20. The van der Waals surface area contributed by atoms with Gasteiger partial charge in [0, 0.05) is 0 Å². The second-order valence-corrected chi connectivity index (χ2v) is 7.20. The minimum Gasteiger partial charge on any atom is -0.469 e. The third-order valence-electron chi connectivity index (χ3n) is 5.50. The molecule has 0 N–H and O–H groups in total. The number of esters is 1. The fraction of sp³-hybridized carbons (Fsp3) is 0.812. The number of methoxy groups -OCH3 is 1. The van der Waals surface area contributed by atoms with Gasteiger partial charge in [-0.25, -0.2) is 0 Å². The molecule has 4 nitrogen and oxygen atoms in total. The van der Waals surface area contributed by atoms with Crippen LogP contribution in [-0.2, 0) is 18.8 Å². The summed E-state index contributed by atoms with van der Waals surface area (Å²) < 4.78 is 17.2. The fourth-order valence-corrected chi connectivity index (χ4v) is 2.99. The number of hydrogen-bond donors (Lipinski definition) is 0. The Morgan fingerprint density at radius 2 is 1.86 bits per heavy atom. The highest BCUT2D eigenvalue weighted by molar-refractivity contribution is 6.54. The van der Waals surface area contributed by atoms with Gasteiger partial charge in [0.2, 0.25) is 0 Å². The molecule has 1 saturated heterocycles. The van der Waals surface area contributed by atoms with Crippen LogP contribution >= 0.6 is 0 Å². The smallest absolute Gasteiger partial charge is 0.469 e. The van der Waals surface area contributed by atoms with E-state index in [2.05, 4.69) is 33.8 Å². The lowest BCUT2D eigenvalue weighted by molar-refractivity contribution is -0.153. The van der Waals surface area contributed by atoms with E-state index < -0.39 is 0 Å². The number of hydrogen-bond acceptors (Lipinski definition) is 4. The van der Waals surface area contributed by atoms with Crippen LogP contribution in [0.4, 0.5) is 0 Å². The maximum absolute atomic E-state index is 12.0. The van der Waals surface area contributed by atoms with Crippen LogP contribution in [0.5, 0.6) is 0 Å². The molecule has 1 atom stereocenters. The van der Waals surface area contributed by atoms with Gasteiger partial charge in [-0.15, -0.1) is 0 Å². The van der Waals surface area contributed by atoms with Crippen molar-refractivity contribution in [2.75, 3.05) is 7.11 Å². The van der Waals surface area contributed by atoms with E-state index >= 15 is 0 Å². The molecule has 0 aromatic heterocycles. The highest BCUT2D eigenvalue weighted by Gasteiger charge is 2.53. The fourth-order valence-electron chi connectivity index (χ4n) is 2.99. The van der Waals surface area contributed by atoms with Crippen molar-refractivity contribution in [3.8, 4) is 0 Å². The van der Waals surface area contributed by atoms with Crippen molar-refractivity contribution < 1.29 is 18.8 Å². The second kappa shape index (κ2) is 5.43. The van der Waals surface area contributed by atoms with Crippen LogP contribution in [-0.4, -0.2) is 31.4 Å². The molecule has 1 aliphatic carbocycles. The molecular weight excluding hydrogens is 267 g/mol. The zero-order valence-corrected chi connectivity index (χ0v) is 14.1. The van der Waals surface area contributed by atoms with E-state index in [-0.39, 0.29) is 29.7 Å². The zero-order valence-electron chi connectivity index (χ0n) is 14.1. The minimum atomic E-state index is -0.373. The standard InChI is InChI=1S/C16H27BO4/c1-7-16(13(18)19-6)10-8-12(9-11-16)17-20-14(2,3)15(4,5)21-17/h8H,7,9-11H2,1-6H3. The molecule has 0 spiro atoms. The van der Waals surface area contributed by atoms with Crippen LogP contribution in [0.25, 0.3) is 0 Å². The van der Waals surface area contributed by atoms with E-state index in [1.807, 2.05) is 6.92 Å². The Bertz CT molecular complexity index is 439. The average molecular weight is 294 g/mol. The predicted octanol–water partition coefficient (Wildman–Crippen LogP) is 3.30. The van der Waals surface area contributed by atoms with Gasteiger partial charge in [-0.2, -0.15) is 0 Å². The molecule has 21 heavy (non-hydrogen) atoms. The minimum absolute atomic E-state index is 0.103. The Labute approximate surface area is 128 Å².